The van der Waals surface area contributed by atoms with Crippen molar-refractivity contribution in [1.82, 2.24) is 14.1 Å². The maximum Gasteiger partial charge on any atom is 0.425 e. The number of amides is 3. The quantitative estimate of drug-likeness (QED) is 0.189. The number of esters is 1. The van der Waals surface area contributed by atoms with Gasteiger partial charge in [0.2, 0.25) is 5.91 Å². The normalized spacial score (nSPS) is 23.5. The van der Waals surface area contributed by atoms with Gasteiger partial charge in [0.25, 0.3) is 0 Å². The molecule has 16 heteroatoms. The van der Waals surface area contributed by atoms with Crippen LogP contribution >= 0.6 is 11.8 Å². The molecule has 0 spiro atoms. The first-order valence-corrected chi connectivity index (χ1v) is 20.2. The van der Waals surface area contributed by atoms with Crippen LogP contribution in [0, 0.1) is 11.8 Å². The number of hydrogen-bond acceptors (Lipinski definition) is 11. The van der Waals surface area contributed by atoms with Gasteiger partial charge in [0.15, 0.2) is 6.10 Å². The van der Waals surface area contributed by atoms with E-state index in [9.17, 15) is 32.7 Å². The van der Waals surface area contributed by atoms with E-state index in [4.69, 9.17) is 19.3 Å². The number of aliphatic hydroxyl groups excluding tert-OH is 1. The highest BCUT2D eigenvalue weighted by Crippen LogP contribution is 2.53. The van der Waals surface area contributed by atoms with Crippen molar-refractivity contribution in [3.63, 3.8) is 0 Å². The molecule has 0 unspecified atom stereocenters. The van der Waals surface area contributed by atoms with Crippen molar-refractivity contribution in [2.45, 2.75) is 103 Å². The van der Waals surface area contributed by atoms with E-state index in [-0.39, 0.29) is 18.7 Å². The van der Waals surface area contributed by atoms with Crippen LogP contribution in [0.4, 0.5) is 9.59 Å². The lowest BCUT2D eigenvalue weighted by Crippen LogP contribution is -2.63. The number of rotatable bonds is 10. The Morgan fingerprint density at radius 1 is 0.963 bits per heavy atom. The molecule has 0 aliphatic carbocycles. The van der Waals surface area contributed by atoms with E-state index in [0.717, 1.165) is 11.1 Å². The molecule has 3 amide bonds. The molecule has 0 radical (unpaired) electrons. The van der Waals surface area contributed by atoms with Crippen LogP contribution in [0.15, 0.2) is 71.3 Å². The number of benzene rings is 2. The van der Waals surface area contributed by atoms with E-state index in [2.05, 4.69) is 0 Å². The number of carbonyl (C=O) groups excluding carboxylic acids is 4. The van der Waals surface area contributed by atoms with Crippen LogP contribution < -0.4 is 5.14 Å². The second kappa shape index (κ2) is 15.6. The standard InChI is InChI=1S/C38H50N4O10S2/c1-22-29-28(23(2)43)33(44)42(29)30(34(45)50-31(24-15-11-9-12-16-24)25-17-13-10-14-18-25)32(22)53-27-19-26(40(21-27)35(46)51-37(3,4)5)20-41(54(39,48)49)36(47)52-38(6,7)8/h9-18,22-23,26-29,31,43H,19-21H2,1-8H3,(H2,39,48,49)/t22-,23-,26-,27-,28-,29-/m1/s1. The minimum Gasteiger partial charge on any atom is -0.448 e. The van der Waals surface area contributed by atoms with Crippen molar-refractivity contribution in [2.75, 3.05) is 13.1 Å². The Bertz CT molecular complexity index is 1840. The number of likely N-dealkylation sites (tertiary alicyclic amines) is 1. The minimum atomic E-state index is -4.63. The molecular weight excluding hydrogens is 737 g/mol. The van der Waals surface area contributed by atoms with Gasteiger partial charge in [0, 0.05) is 22.6 Å². The number of nitrogens with two attached hydrogens (primary N) is 1. The molecule has 3 heterocycles. The van der Waals surface area contributed by atoms with E-state index in [0.29, 0.717) is 9.21 Å². The van der Waals surface area contributed by atoms with Crippen molar-refractivity contribution < 1.29 is 46.9 Å². The van der Waals surface area contributed by atoms with Crippen molar-refractivity contribution in [3.8, 4) is 0 Å². The van der Waals surface area contributed by atoms with E-state index < -0.39 is 93.4 Å². The molecule has 3 aliphatic rings. The van der Waals surface area contributed by atoms with Gasteiger partial charge < -0.3 is 29.1 Å². The summed E-state index contributed by atoms with van der Waals surface area (Å²) in [7, 11) is -4.63. The van der Waals surface area contributed by atoms with E-state index in [1.165, 1.54) is 21.6 Å². The zero-order chi connectivity index (χ0) is 39.9. The lowest BCUT2D eigenvalue weighted by atomic mass is 9.79. The van der Waals surface area contributed by atoms with Crippen LogP contribution in [-0.2, 0) is 34.0 Å². The molecule has 2 saturated heterocycles. The highest BCUT2D eigenvalue weighted by atomic mass is 32.2. The van der Waals surface area contributed by atoms with Gasteiger partial charge in [-0.15, -0.1) is 11.8 Å². The number of β-lactam (4-membered cyclic amide) rings is 1. The summed E-state index contributed by atoms with van der Waals surface area (Å²) in [5.41, 5.74) is -0.424. The van der Waals surface area contributed by atoms with Gasteiger partial charge in [-0.05, 0) is 66.0 Å². The first-order chi connectivity index (χ1) is 25.1. The highest BCUT2D eigenvalue weighted by molar-refractivity contribution is 8.03. The molecule has 6 atom stereocenters. The predicted molar refractivity (Wildman–Crippen MR) is 202 cm³/mol. The van der Waals surface area contributed by atoms with Crippen LogP contribution in [0.3, 0.4) is 0 Å². The van der Waals surface area contributed by atoms with Crippen LogP contribution in [-0.4, -0.2) is 99.4 Å². The van der Waals surface area contributed by atoms with Gasteiger partial charge in [-0.25, -0.2) is 19.5 Å². The summed E-state index contributed by atoms with van der Waals surface area (Å²) in [6, 6.07) is 17.1. The average Bonchev–Trinajstić information content (AvgIpc) is 3.57. The molecule has 0 bridgehead atoms. The summed E-state index contributed by atoms with van der Waals surface area (Å²) >= 11 is 1.28. The van der Waals surface area contributed by atoms with Crippen LogP contribution in [0.2, 0.25) is 0 Å². The fourth-order valence-electron chi connectivity index (χ4n) is 7.06. The van der Waals surface area contributed by atoms with Crippen molar-refractivity contribution in [2.24, 2.45) is 17.0 Å². The number of aliphatic hydroxyl groups is 1. The third-order valence-electron chi connectivity index (χ3n) is 9.31. The topological polar surface area (TPSA) is 186 Å². The fraction of sp³-hybridized carbons (Fsp3) is 0.526. The summed E-state index contributed by atoms with van der Waals surface area (Å²) in [5.74, 6) is -2.28. The molecule has 5 rings (SSSR count). The number of fused-ring (bicyclic) bond motifs is 1. The number of hydrogen-bond donors (Lipinski definition) is 2. The molecule has 0 saturated carbocycles. The number of ether oxygens (including phenoxy) is 3. The Hall–Kier alpha value is -4.12. The Kier molecular flexibility index (Phi) is 11.8. The van der Waals surface area contributed by atoms with Gasteiger partial charge in [-0.1, -0.05) is 67.6 Å². The molecule has 2 aromatic rings. The predicted octanol–water partition coefficient (Wildman–Crippen LogP) is 4.94. The van der Waals surface area contributed by atoms with E-state index in [1.54, 1.807) is 48.5 Å². The van der Waals surface area contributed by atoms with Crippen molar-refractivity contribution in [1.29, 1.82) is 0 Å². The first-order valence-electron chi connectivity index (χ1n) is 17.8. The van der Waals surface area contributed by atoms with E-state index in [1.807, 2.05) is 67.6 Å². The van der Waals surface area contributed by atoms with Crippen molar-refractivity contribution >= 4 is 46.0 Å². The zero-order valence-corrected chi connectivity index (χ0v) is 33.4. The lowest BCUT2D eigenvalue weighted by Gasteiger charge is -2.46. The largest absolute Gasteiger partial charge is 0.448 e. The second-order valence-electron chi connectivity index (χ2n) is 15.9. The smallest absolute Gasteiger partial charge is 0.425 e. The summed E-state index contributed by atoms with van der Waals surface area (Å²) in [4.78, 5) is 58.0. The third kappa shape index (κ3) is 9.04. The molecule has 2 aromatic carbocycles. The van der Waals surface area contributed by atoms with E-state index >= 15 is 0 Å². The van der Waals surface area contributed by atoms with Crippen LogP contribution in [0.5, 0.6) is 0 Å². The summed E-state index contributed by atoms with van der Waals surface area (Å²) in [6.45, 7) is 12.8. The van der Waals surface area contributed by atoms with Gasteiger partial charge >= 0.3 is 28.4 Å². The van der Waals surface area contributed by atoms with Crippen LogP contribution in [0.25, 0.3) is 0 Å². The second-order valence-corrected chi connectivity index (χ2v) is 18.7. The Morgan fingerprint density at radius 3 is 1.98 bits per heavy atom. The molecule has 54 heavy (non-hydrogen) atoms. The average molecular weight is 787 g/mol. The lowest BCUT2D eigenvalue weighted by molar-refractivity contribution is -0.165. The van der Waals surface area contributed by atoms with Crippen molar-refractivity contribution in [3.05, 3.63) is 82.4 Å². The minimum absolute atomic E-state index is 0.0463. The monoisotopic (exact) mass is 786 g/mol. The summed E-state index contributed by atoms with van der Waals surface area (Å²) in [5, 5.41) is 15.6. The van der Waals surface area contributed by atoms with Gasteiger partial charge in [0.1, 0.15) is 16.9 Å². The Labute approximate surface area is 321 Å². The maximum atomic E-state index is 14.4. The molecule has 294 valence electrons. The summed E-state index contributed by atoms with van der Waals surface area (Å²) in [6.07, 6.45) is -3.54. The van der Waals surface area contributed by atoms with Gasteiger partial charge in [0.05, 0.1) is 30.7 Å². The number of thioether (sulfide) groups is 1. The summed E-state index contributed by atoms with van der Waals surface area (Å²) < 4.78 is 43.1. The number of carbonyl (C=O) groups is 4. The fourth-order valence-corrected chi connectivity index (χ4v) is 9.24. The maximum absolute atomic E-state index is 14.4. The molecule has 3 aliphatic heterocycles. The highest BCUT2D eigenvalue weighted by Gasteiger charge is 2.61. The Morgan fingerprint density at radius 2 is 1.50 bits per heavy atom. The molecule has 2 fully saturated rings. The first kappa shape index (κ1) is 41.1. The Balaban J connectivity index is 1.51. The molecule has 14 nitrogen and oxygen atoms in total. The van der Waals surface area contributed by atoms with Crippen LogP contribution in [0.1, 0.15) is 79.0 Å². The van der Waals surface area contributed by atoms with Gasteiger partial charge in [-0.3, -0.25) is 4.79 Å². The molecular formula is C38H50N4O10S2. The zero-order valence-electron chi connectivity index (χ0n) is 31.8. The van der Waals surface area contributed by atoms with Gasteiger partial charge in [-0.2, -0.15) is 12.7 Å². The molecule has 3 N–H and O–H groups in total. The SMILES string of the molecule is C[C@@H](O)[C@H]1C(=O)N2C(C(=O)OC(c3ccccc3)c3ccccc3)=C(S[C@@H]3C[C@H](CN(C(=O)OC(C)(C)C)S(N)(=O)=O)N(C(=O)OC(C)(C)C)C3)[C@H](C)[C@H]12. The third-order valence-corrected chi connectivity index (χ3v) is 11.7. The number of nitrogens with zero attached hydrogens (tertiary/aromatic N) is 3. The molecule has 0 aromatic heterocycles.